The zero-order chi connectivity index (χ0) is 11.0. The van der Waals surface area contributed by atoms with Gasteiger partial charge in [-0.25, -0.2) is 0 Å². The van der Waals surface area contributed by atoms with Crippen LogP contribution in [0.25, 0.3) is 0 Å². The molecule has 0 radical (unpaired) electrons. The zero-order valence-electron chi connectivity index (χ0n) is 8.65. The van der Waals surface area contributed by atoms with Crippen LogP contribution in [-0.2, 0) is 14.3 Å². The third kappa shape index (κ3) is 5.53. The number of aliphatic hydroxyl groups excluding tert-OH is 1. The maximum absolute atomic E-state index is 11.2. The molecule has 0 spiro atoms. The van der Waals surface area contributed by atoms with Crippen molar-refractivity contribution in [3.63, 3.8) is 0 Å². The number of aliphatic hydroxyl groups is 1. The van der Waals surface area contributed by atoms with Crippen LogP contribution >= 0.6 is 0 Å². The van der Waals surface area contributed by atoms with Gasteiger partial charge < -0.3 is 14.7 Å². The number of carbonyl (C=O) groups excluding carboxylic acids is 2. The number of rotatable bonds is 6. The molecule has 0 atom stereocenters. The molecule has 0 heterocycles. The Morgan fingerprint density at radius 2 is 2.00 bits per heavy atom. The highest BCUT2D eigenvalue weighted by Crippen LogP contribution is 1.97. The van der Waals surface area contributed by atoms with E-state index in [9.17, 15) is 9.59 Å². The summed E-state index contributed by atoms with van der Waals surface area (Å²) in [6, 6.07) is 0. The van der Waals surface area contributed by atoms with Gasteiger partial charge in [-0.3, -0.25) is 9.59 Å². The molecule has 5 heteroatoms. The summed E-state index contributed by atoms with van der Waals surface area (Å²) >= 11 is 0. The molecule has 0 aliphatic rings. The summed E-state index contributed by atoms with van der Waals surface area (Å²) in [6.07, 6.45) is 0.234. The highest BCUT2D eigenvalue weighted by atomic mass is 16.5. The first-order chi connectivity index (χ1) is 6.61. The van der Waals surface area contributed by atoms with Crippen LogP contribution in [-0.4, -0.2) is 48.7 Å². The number of nitrogens with zero attached hydrogens (tertiary/aromatic N) is 1. The normalized spacial score (nSPS) is 9.64. The molecule has 0 bridgehead atoms. The quantitative estimate of drug-likeness (QED) is 0.606. The van der Waals surface area contributed by atoms with Gasteiger partial charge in [0.1, 0.15) is 0 Å². The molecule has 0 aromatic carbocycles. The smallest absolute Gasteiger partial charge is 0.306 e. The highest BCUT2D eigenvalue weighted by Gasteiger charge is 2.10. The molecule has 82 valence electrons. The van der Waals surface area contributed by atoms with Crippen molar-refractivity contribution in [3.8, 4) is 0 Å². The fourth-order valence-corrected chi connectivity index (χ4v) is 0.908. The SMILES string of the molecule is CCOC(=O)CCC(=O)N(C)CCO. The molecule has 0 aliphatic carbocycles. The molecule has 1 N–H and O–H groups in total. The molecule has 1 amide bonds. The van der Waals surface area contributed by atoms with E-state index in [-0.39, 0.29) is 31.3 Å². The van der Waals surface area contributed by atoms with Gasteiger partial charge in [0, 0.05) is 20.0 Å². The van der Waals surface area contributed by atoms with E-state index >= 15 is 0 Å². The second-order valence-electron chi connectivity index (χ2n) is 2.84. The minimum Gasteiger partial charge on any atom is -0.466 e. The van der Waals surface area contributed by atoms with E-state index in [1.165, 1.54) is 4.90 Å². The third-order valence-electron chi connectivity index (χ3n) is 1.71. The second-order valence-corrected chi connectivity index (χ2v) is 2.84. The van der Waals surface area contributed by atoms with Crippen LogP contribution in [0.15, 0.2) is 0 Å². The highest BCUT2D eigenvalue weighted by molar-refractivity contribution is 5.81. The summed E-state index contributed by atoms with van der Waals surface area (Å²) in [5, 5.41) is 8.56. The molecule has 0 saturated heterocycles. The van der Waals surface area contributed by atoms with Crippen LogP contribution in [0.2, 0.25) is 0 Å². The van der Waals surface area contributed by atoms with E-state index in [0.717, 1.165) is 0 Å². The van der Waals surface area contributed by atoms with Crippen molar-refractivity contribution in [1.82, 2.24) is 4.90 Å². The lowest BCUT2D eigenvalue weighted by Gasteiger charge is -2.14. The summed E-state index contributed by atoms with van der Waals surface area (Å²) in [4.78, 5) is 23.5. The minimum absolute atomic E-state index is 0.0678. The molecule has 0 saturated carbocycles. The van der Waals surface area contributed by atoms with Gasteiger partial charge in [-0.05, 0) is 6.92 Å². The van der Waals surface area contributed by atoms with E-state index in [0.29, 0.717) is 13.2 Å². The largest absolute Gasteiger partial charge is 0.466 e. The van der Waals surface area contributed by atoms with Gasteiger partial charge in [0.05, 0.1) is 19.6 Å². The van der Waals surface area contributed by atoms with Crippen LogP contribution in [0.5, 0.6) is 0 Å². The van der Waals surface area contributed by atoms with Crippen molar-refractivity contribution in [2.45, 2.75) is 19.8 Å². The maximum atomic E-state index is 11.2. The number of ether oxygens (including phenoxy) is 1. The van der Waals surface area contributed by atoms with Crippen LogP contribution in [0.1, 0.15) is 19.8 Å². The topological polar surface area (TPSA) is 66.8 Å². The minimum atomic E-state index is -0.363. The summed E-state index contributed by atoms with van der Waals surface area (Å²) in [6.45, 7) is 2.28. The van der Waals surface area contributed by atoms with Crippen LogP contribution in [0.4, 0.5) is 0 Å². The van der Waals surface area contributed by atoms with Crippen molar-refractivity contribution in [2.24, 2.45) is 0 Å². The van der Waals surface area contributed by atoms with Gasteiger partial charge >= 0.3 is 5.97 Å². The van der Waals surface area contributed by atoms with Crippen molar-refractivity contribution < 1.29 is 19.4 Å². The second kappa shape index (κ2) is 7.32. The van der Waals surface area contributed by atoms with E-state index in [1.807, 2.05) is 0 Å². The maximum Gasteiger partial charge on any atom is 0.306 e. The number of amides is 1. The van der Waals surface area contributed by atoms with Crippen molar-refractivity contribution >= 4 is 11.9 Å². The van der Waals surface area contributed by atoms with E-state index in [4.69, 9.17) is 5.11 Å². The number of hydrogen-bond acceptors (Lipinski definition) is 4. The number of carbonyl (C=O) groups is 2. The summed E-state index contributed by atoms with van der Waals surface area (Å²) < 4.78 is 4.67. The standard InChI is InChI=1S/C9H17NO4/c1-3-14-9(13)5-4-8(12)10(2)6-7-11/h11H,3-7H2,1-2H3. The first-order valence-corrected chi connectivity index (χ1v) is 4.62. The Hall–Kier alpha value is -1.10. The molecule has 14 heavy (non-hydrogen) atoms. The van der Waals surface area contributed by atoms with Crippen LogP contribution < -0.4 is 0 Å². The molecule has 0 fully saturated rings. The van der Waals surface area contributed by atoms with Gasteiger partial charge in [-0.15, -0.1) is 0 Å². The Morgan fingerprint density at radius 3 is 2.50 bits per heavy atom. The lowest BCUT2D eigenvalue weighted by Crippen LogP contribution is -2.29. The van der Waals surface area contributed by atoms with E-state index in [1.54, 1.807) is 14.0 Å². The lowest BCUT2D eigenvalue weighted by molar-refractivity contribution is -0.145. The Kier molecular flexibility index (Phi) is 6.74. The summed E-state index contributed by atoms with van der Waals surface area (Å²) in [5.41, 5.74) is 0. The van der Waals surface area contributed by atoms with Gasteiger partial charge in [0.25, 0.3) is 0 Å². The van der Waals surface area contributed by atoms with E-state index in [2.05, 4.69) is 4.74 Å². The van der Waals surface area contributed by atoms with Crippen LogP contribution in [0.3, 0.4) is 0 Å². The Morgan fingerprint density at radius 1 is 1.36 bits per heavy atom. The van der Waals surface area contributed by atoms with Gasteiger partial charge in [-0.2, -0.15) is 0 Å². The number of esters is 1. The predicted molar refractivity (Wildman–Crippen MR) is 50.6 cm³/mol. The average Bonchev–Trinajstić information content (AvgIpc) is 2.15. The molecule has 0 rings (SSSR count). The monoisotopic (exact) mass is 203 g/mol. The van der Waals surface area contributed by atoms with E-state index < -0.39 is 0 Å². The lowest BCUT2D eigenvalue weighted by atomic mass is 10.3. The molecular formula is C9H17NO4. The Bertz CT molecular complexity index is 193. The number of likely N-dealkylation sites (N-methyl/N-ethyl adjacent to an activating group) is 1. The van der Waals surface area contributed by atoms with Crippen LogP contribution in [0, 0.1) is 0 Å². The fraction of sp³-hybridized carbons (Fsp3) is 0.778. The fourth-order valence-electron chi connectivity index (χ4n) is 0.908. The van der Waals surface area contributed by atoms with Gasteiger partial charge in [-0.1, -0.05) is 0 Å². The average molecular weight is 203 g/mol. The number of hydrogen-bond donors (Lipinski definition) is 1. The van der Waals surface area contributed by atoms with Gasteiger partial charge in [0.2, 0.25) is 5.91 Å². The first kappa shape index (κ1) is 12.9. The first-order valence-electron chi connectivity index (χ1n) is 4.62. The zero-order valence-corrected chi connectivity index (χ0v) is 8.65. The Labute approximate surface area is 83.6 Å². The van der Waals surface area contributed by atoms with Crippen molar-refractivity contribution in [3.05, 3.63) is 0 Å². The summed E-state index contributed by atoms with van der Waals surface area (Å²) in [7, 11) is 1.59. The molecule has 0 aromatic heterocycles. The molecule has 0 aromatic rings. The third-order valence-corrected chi connectivity index (χ3v) is 1.71. The summed E-state index contributed by atoms with van der Waals surface area (Å²) in [5.74, 6) is -0.523. The molecule has 5 nitrogen and oxygen atoms in total. The molecule has 0 aliphatic heterocycles. The van der Waals surface area contributed by atoms with Gasteiger partial charge in [0.15, 0.2) is 0 Å². The van der Waals surface area contributed by atoms with Crippen molar-refractivity contribution in [2.75, 3.05) is 26.8 Å². The predicted octanol–water partition coefficient (Wildman–Crippen LogP) is -0.220. The Balaban J connectivity index is 3.67. The molecular weight excluding hydrogens is 186 g/mol. The molecule has 0 unspecified atom stereocenters. The van der Waals surface area contributed by atoms with Crippen molar-refractivity contribution in [1.29, 1.82) is 0 Å².